The van der Waals surface area contributed by atoms with Gasteiger partial charge in [0.25, 0.3) is 0 Å². The van der Waals surface area contributed by atoms with Gasteiger partial charge in [-0.3, -0.25) is 9.89 Å². The first kappa shape index (κ1) is 11.2. The fraction of sp³-hybridized carbons (Fsp3) is 0.500. The molecule has 0 atom stereocenters. The smallest absolute Gasteiger partial charge is 0.244 e. The van der Waals surface area contributed by atoms with E-state index in [0.29, 0.717) is 18.5 Å². The first-order valence-corrected chi connectivity index (χ1v) is 4.90. The van der Waals surface area contributed by atoms with Gasteiger partial charge >= 0.3 is 0 Å². The van der Waals surface area contributed by atoms with Crippen molar-refractivity contribution in [2.24, 2.45) is 5.41 Å². The lowest BCUT2D eigenvalue weighted by atomic mass is 9.83. The number of aromatic amines is 1. The number of carbonyl (C=O) groups excluding carboxylic acids is 1. The zero-order valence-corrected chi connectivity index (χ0v) is 8.87. The minimum Gasteiger partial charge on any atom is -0.322 e. The highest BCUT2D eigenvalue weighted by Gasteiger charge is 2.35. The van der Waals surface area contributed by atoms with Gasteiger partial charge in [0.1, 0.15) is 5.41 Å². The standard InChI is InChI=1S/C10H14N4O/c1-3-10(4-2,7-11)9(15)14-8-5-12-13-6-8/h5-6H,3-4H2,1-2H3,(H,12,13)(H,14,15). The number of anilines is 1. The Hall–Kier alpha value is -1.83. The van der Waals surface area contributed by atoms with E-state index in [1.165, 1.54) is 6.20 Å². The summed E-state index contributed by atoms with van der Waals surface area (Å²) in [7, 11) is 0. The van der Waals surface area contributed by atoms with Crippen molar-refractivity contribution in [2.75, 3.05) is 5.32 Å². The molecule has 0 saturated carbocycles. The van der Waals surface area contributed by atoms with Gasteiger partial charge in [0.15, 0.2) is 0 Å². The Morgan fingerprint density at radius 2 is 2.33 bits per heavy atom. The van der Waals surface area contributed by atoms with Gasteiger partial charge in [0.2, 0.25) is 5.91 Å². The van der Waals surface area contributed by atoms with Gasteiger partial charge in [-0.2, -0.15) is 10.4 Å². The van der Waals surface area contributed by atoms with Crippen LogP contribution in [0, 0.1) is 16.7 Å². The maximum absolute atomic E-state index is 11.9. The van der Waals surface area contributed by atoms with E-state index in [1.54, 1.807) is 6.20 Å². The summed E-state index contributed by atoms with van der Waals surface area (Å²) < 4.78 is 0. The van der Waals surface area contributed by atoms with Gasteiger partial charge in [0.05, 0.1) is 18.0 Å². The first-order valence-electron chi connectivity index (χ1n) is 4.90. The number of nitrogens with zero attached hydrogens (tertiary/aromatic N) is 2. The molecule has 1 aromatic heterocycles. The van der Waals surface area contributed by atoms with Gasteiger partial charge < -0.3 is 5.32 Å². The molecule has 1 heterocycles. The number of nitriles is 1. The Kier molecular flexibility index (Phi) is 3.45. The number of rotatable bonds is 4. The molecule has 1 aromatic rings. The molecule has 0 aliphatic rings. The quantitative estimate of drug-likeness (QED) is 0.786. The van der Waals surface area contributed by atoms with Gasteiger partial charge in [0, 0.05) is 6.20 Å². The molecular weight excluding hydrogens is 192 g/mol. The molecule has 80 valence electrons. The number of nitrogens with one attached hydrogen (secondary N) is 2. The fourth-order valence-corrected chi connectivity index (χ4v) is 1.35. The van der Waals surface area contributed by atoms with Crippen LogP contribution in [0.2, 0.25) is 0 Å². The van der Waals surface area contributed by atoms with Crippen LogP contribution in [0.5, 0.6) is 0 Å². The molecule has 15 heavy (non-hydrogen) atoms. The Labute approximate surface area is 88.5 Å². The molecule has 2 N–H and O–H groups in total. The average Bonchev–Trinajstić information content (AvgIpc) is 2.74. The highest BCUT2D eigenvalue weighted by atomic mass is 16.2. The van der Waals surface area contributed by atoms with Gasteiger partial charge in [-0.15, -0.1) is 0 Å². The lowest BCUT2D eigenvalue weighted by molar-refractivity contribution is -0.123. The highest BCUT2D eigenvalue weighted by molar-refractivity contribution is 5.96. The molecule has 1 amide bonds. The summed E-state index contributed by atoms with van der Waals surface area (Å²) >= 11 is 0. The molecule has 5 nitrogen and oxygen atoms in total. The molecule has 0 saturated heterocycles. The van der Waals surface area contributed by atoms with Crippen molar-refractivity contribution < 1.29 is 4.79 Å². The first-order chi connectivity index (χ1) is 7.18. The van der Waals surface area contributed by atoms with Crippen LogP contribution in [-0.2, 0) is 4.79 Å². The molecule has 0 fully saturated rings. The maximum atomic E-state index is 11.9. The zero-order valence-electron chi connectivity index (χ0n) is 8.87. The van der Waals surface area contributed by atoms with Crippen LogP contribution < -0.4 is 5.32 Å². The summed E-state index contributed by atoms with van der Waals surface area (Å²) in [6.45, 7) is 3.67. The van der Waals surface area contributed by atoms with Crippen LogP contribution in [0.1, 0.15) is 26.7 Å². The lowest BCUT2D eigenvalue weighted by Crippen LogP contribution is -2.33. The summed E-state index contributed by atoms with van der Waals surface area (Å²) in [5, 5.41) is 18.0. The van der Waals surface area contributed by atoms with E-state index >= 15 is 0 Å². The molecule has 0 unspecified atom stereocenters. The van der Waals surface area contributed by atoms with Crippen LogP contribution in [0.25, 0.3) is 0 Å². The van der Waals surface area contributed by atoms with E-state index < -0.39 is 5.41 Å². The molecule has 0 aliphatic heterocycles. The van der Waals surface area contributed by atoms with Crippen LogP contribution in [-0.4, -0.2) is 16.1 Å². The van der Waals surface area contributed by atoms with Crippen molar-refractivity contribution in [1.29, 1.82) is 5.26 Å². The number of H-pyrrole nitrogens is 1. The highest BCUT2D eigenvalue weighted by Crippen LogP contribution is 2.26. The van der Waals surface area contributed by atoms with E-state index in [2.05, 4.69) is 21.6 Å². The Morgan fingerprint density at radius 1 is 1.67 bits per heavy atom. The Morgan fingerprint density at radius 3 is 2.73 bits per heavy atom. The summed E-state index contributed by atoms with van der Waals surface area (Å²) in [5.41, 5.74) is -0.349. The third-order valence-corrected chi connectivity index (χ3v) is 2.61. The van der Waals surface area contributed by atoms with Crippen molar-refractivity contribution in [3.05, 3.63) is 12.4 Å². The molecule has 0 spiro atoms. The second-order valence-corrected chi connectivity index (χ2v) is 3.34. The van der Waals surface area contributed by atoms with E-state index in [9.17, 15) is 4.79 Å². The summed E-state index contributed by atoms with van der Waals surface area (Å²) in [4.78, 5) is 11.9. The molecular formula is C10H14N4O. The minimum atomic E-state index is -0.933. The number of amides is 1. The van der Waals surface area contributed by atoms with Crippen LogP contribution in [0.4, 0.5) is 5.69 Å². The number of aromatic nitrogens is 2. The van der Waals surface area contributed by atoms with Crippen molar-refractivity contribution in [3.8, 4) is 6.07 Å². The molecule has 0 radical (unpaired) electrons. The molecule has 1 rings (SSSR count). The van der Waals surface area contributed by atoms with E-state index in [4.69, 9.17) is 5.26 Å². The van der Waals surface area contributed by atoms with Crippen LogP contribution >= 0.6 is 0 Å². The van der Waals surface area contributed by atoms with Gasteiger partial charge in [-0.1, -0.05) is 13.8 Å². The average molecular weight is 206 g/mol. The molecule has 5 heteroatoms. The lowest BCUT2D eigenvalue weighted by Gasteiger charge is -2.21. The summed E-state index contributed by atoms with van der Waals surface area (Å²) in [5.74, 6) is -0.267. The van der Waals surface area contributed by atoms with Crippen molar-refractivity contribution >= 4 is 11.6 Å². The number of hydrogen-bond acceptors (Lipinski definition) is 3. The second-order valence-electron chi connectivity index (χ2n) is 3.34. The largest absolute Gasteiger partial charge is 0.322 e. The fourth-order valence-electron chi connectivity index (χ4n) is 1.35. The molecule has 0 aliphatic carbocycles. The van der Waals surface area contributed by atoms with Crippen LogP contribution in [0.3, 0.4) is 0 Å². The van der Waals surface area contributed by atoms with Crippen molar-refractivity contribution in [3.63, 3.8) is 0 Å². The van der Waals surface area contributed by atoms with E-state index in [0.717, 1.165) is 0 Å². The van der Waals surface area contributed by atoms with Crippen molar-refractivity contribution in [1.82, 2.24) is 10.2 Å². The minimum absolute atomic E-state index is 0.267. The third-order valence-electron chi connectivity index (χ3n) is 2.61. The van der Waals surface area contributed by atoms with Gasteiger partial charge in [-0.05, 0) is 12.8 Å². The summed E-state index contributed by atoms with van der Waals surface area (Å²) in [6.07, 6.45) is 4.09. The number of carbonyl (C=O) groups is 1. The third kappa shape index (κ3) is 2.15. The normalized spacial score (nSPS) is 10.7. The molecule has 0 aromatic carbocycles. The topological polar surface area (TPSA) is 81.6 Å². The predicted octanol–water partition coefficient (Wildman–Crippen LogP) is 1.68. The van der Waals surface area contributed by atoms with Gasteiger partial charge in [-0.25, -0.2) is 0 Å². The zero-order chi connectivity index (χ0) is 11.3. The SMILES string of the molecule is CCC(C#N)(CC)C(=O)Nc1cn[nH]c1. The van der Waals surface area contributed by atoms with E-state index in [-0.39, 0.29) is 5.91 Å². The Bertz CT molecular complexity index is 359. The Balaban J connectivity index is 2.79. The maximum Gasteiger partial charge on any atom is 0.244 e. The van der Waals surface area contributed by atoms with E-state index in [1.807, 2.05) is 13.8 Å². The number of hydrogen-bond donors (Lipinski definition) is 2. The predicted molar refractivity (Wildman–Crippen MR) is 55.8 cm³/mol. The second kappa shape index (κ2) is 4.60. The molecule has 0 bridgehead atoms. The van der Waals surface area contributed by atoms with Crippen LogP contribution in [0.15, 0.2) is 12.4 Å². The summed E-state index contributed by atoms with van der Waals surface area (Å²) in [6, 6.07) is 2.08. The van der Waals surface area contributed by atoms with Crippen molar-refractivity contribution in [2.45, 2.75) is 26.7 Å². The monoisotopic (exact) mass is 206 g/mol.